The van der Waals surface area contributed by atoms with E-state index in [0.29, 0.717) is 0 Å². The molecule has 26 heavy (non-hydrogen) atoms. The van der Waals surface area contributed by atoms with Crippen LogP contribution in [0.1, 0.15) is 51.8 Å². The van der Waals surface area contributed by atoms with Gasteiger partial charge in [-0.25, -0.2) is 10.9 Å². The van der Waals surface area contributed by atoms with Crippen LogP contribution in [0.5, 0.6) is 5.75 Å². The minimum Gasteiger partial charge on any atom is -0.497 e. The quantitative estimate of drug-likeness (QED) is 0.711. The van der Waals surface area contributed by atoms with Gasteiger partial charge in [-0.2, -0.15) is 0 Å². The molecule has 1 aliphatic rings. The summed E-state index contributed by atoms with van der Waals surface area (Å²) in [5.74, 6) is 1.03. The minimum absolute atomic E-state index is 0.0512. The zero-order valence-electron chi connectivity index (χ0n) is 16.1. The van der Waals surface area contributed by atoms with Crippen LogP contribution in [0.2, 0.25) is 0 Å². The number of benzene rings is 1. The number of aryl methyl sites for hydroxylation is 1. The molecule has 1 aromatic heterocycles. The summed E-state index contributed by atoms with van der Waals surface area (Å²) in [5.41, 5.74) is 8.98. The van der Waals surface area contributed by atoms with Crippen LogP contribution in [0.3, 0.4) is 0 Å². The molecule has 6 heteroatoms. The maximum Gasteiger partial charge on any atom is 0.224 e. The molecule has 2 heterocycles. The van der Waals surface area contributed by atoms with Gasteiger partial charge in [-0.15, -0.1) is 0 Å². The van der Waals surface area contributed by atoms with E-state index >= 15 is 0 Å². The van der Waals surface area contributed by atoms with Crippen LogP contribution in [0.25, 0.3) is 10.9 Å². The average Bonchev–Trinajstić information content (AvgIpc) is 3.24. The fraction of sp³-hybridized carbons (Fsp3) is 0.550. The van der Waals surface area contributed by atoms with Crippen LogP contribution >= 0.6 is 0 Å². The lowest BCUT2D eigenvalue weighted by molar-refractivity contribution is -0.125. The standard InChI is InChI=1S/C20H30N4O2/c1-5-7-13(3)20(25)21-19-12-16(22-23-19)18-10-14-8-9-15(26-4)11-17(14)24(18)6-2/h8-11,13,16,19,22-23H,5-7,12H2,1-4H3,(H,21,25). The minimum atomic E-state index is -0.0512. The van der Waals surface area contributed by atoms with Gasteiger partial charge in [-0.3, -0.25) is 4.79 Å². The molecule has 1 fully saturated rings. The van der Waals surface area contributed by atoms with E-state index in [9.17, 15) is 4.79 Å². The summed E-state index contributed by atoms with van der Waals surface area (Å²) in [6.07, 6.45) is 2.71. The molecule has 3 atom stereocenters. The van der Waals surface area contributed by atoms with Gasteiger partial charge in [0, 0.05) is 36.0 Å². The van der Waals surface area contributed by atoms with Gasteiger partial charge in [0.05, 0.1) is 24.8 Å². The van der Waals surface area contributed by atoms with Gasteiger partial charge >= 0.3 is 0 Å². The maximum absolute atomic E-state index is 12.3. The Morgan fingerprint density at radius 3 is 2.85 bits per heavy atom. The highest BCUT2D eigenvalue weighted by Crippen LogP contribution is 2.30. The first-order valence-electron chi connectivity index (χ1n) is 9.56. The van der Waals surface area contributed by atoms with Crippen molar-refractivity contribution >= 4 is 16.8 Å². The summed E-state index contributed by atoms with van der Waals surface area (Å²) in [6, 6.07) is 8.54. The van der Waals surface area contributed by atoms with Gasteiger partial charge in [0.2, 0.25) is 5.91 Å². The van der Waals surface area contributed by atoms with Crippen LogP contribution in [-0.2, 0) is 11.3 Å². The summed E-state index contributed by atoms with van der Waals surface area (Å²) >= 11 is 0. The second kappa shape index (κ2) is 8.10. The van der Waals surface area contributed by atoms with Crippen LogP contribution in [0.15, 0.2) is 24.3 Å². The van der Waals surface area contributed by atoms with Crippen molar-refractivity contribution in [2.75, 3.05) is 7.11 Å². The predicted octanol–water partition coefficient (Wildman–Crippen LogP) is 3.09. The van der Waals surface area contributed by atoms with Gasteiger partial charge in [-0.1, -0.05) is 20.3 Å². The molecule has 0 radical (unpaired) electrons. The van der Waals surface area contributed by atoms with E-state index in [0.717, 1.165) is 31.6 Å². The number of rotatable bonds is 7. The molecule has 3 unspecified atom stereocenters. The predicted molar refractivity (Wildman–Crippen MR) is 104 cm³/mol. The maximum atomic E-state index is 12.3. The zero-order chi connectivity index (χ0) is 18.7. The lowest BCUT2D eigenvalue weighted by Crippen LogP contribution is -2.45. The van der Waals surface area contributed by atoms with Gasteiger partial charge in [0.25, 0.3) is 0 Å². The molecule has 2 aromatic rings. The Balaban J connectivity index is 1.75. The van der Waals surface area contributed by atoms with Crippen LogP contribution < -0.4 is 20.9 Å². The Bertz CT molecular complexity index is 771. The molecule has 0 spiro atoms. The van der Waals surface area contributed by atoms with Crippen molar-refractivity contribution in [2.24, 2.45) is 5.92 Å². The Morgan fingerprint density at radius 1 is 1.35 bits per heavy atom. The second-order valence-electron chi connectivity index (χ2n) is 7.07. The second-order valence-corrected chi connectivity index (χ2v) is 7.07. The van der Waals surface area contributed by atoms with E-state index in [1.807, 2.05) is 13.0 Å². The van der Waals surface area contributed by atoms with E-state index in [1.165, 1.54) is 16.6 Å². The molecule has 1 amide bonds. The number of nitrogens with one attached hydrogen (secondary N) is 3. The smallest absolute Gasteiger partial charge is 0.224 e. The van der Waals surface area contributed by atoms with Gasteiger partial charge in [0.1, 0.15) is 5.75 Å². The third-order valence-corrected chi connectivity index (χ3v) is 5.21. The molecule has 1 aliphatic heterocycles. The van der Waals surface area contributed by atoms with Gasteiger partial charge < -0.3 is 14.6 Å². The van der Waals surface area contributed by atoms with Crippen molar-refractivity contribution in [1.29, 1.82) is 0 Å². The Labute approximate surface area is 155 Å². The monoisotopic (exact) mass is 358 g/mol. The normalized spacial score (nSPS) is 21.1. The largest absolute Gasteiger partial charge is 0.497 e. The van der Waals surface area contributed by atoms with Gasteiger partial charge in [0.15, 0.2) is 0 Å². The molecular weight excluding hydrogens is 328 g/mol. The summed E-state index contributed by atoms with van der Waals surface area (Å²) in [6.45, 7) is 7.13. The third-order valence-electron chi connectivity index (χ3n) is 5.21. The van der Waals surface area contributed by atoms with Crippen molar-refractivity contribution < 1.29 is 9.53 Å². The highest BCUT2D eigenvalue weighted by Gasteiger charge is 2.29. The number of methoxy groups -OCH3 is 1. The Kier molecular flexibility index (Phi) is 5.84. The fourth-order valence-corrected chi connectivity index (χ4v) is 3.75. The number of hydrogen-bond acceptors (Lipinski definition) is 4. The SMILES string of the molecule is CCCC(C)C(=O)NC1CC(c2cc3ccc(OC)cc3n2CC)NN1. The summed E-state index contributed by atoms with van der Waals surface area (Å²) < 4.78 is 7.68. The lowest BCUT2D eigenvalue weighted by Gasteiger charge is -2.16. The van der Waals surface area contributed by atoms with Crippen molar-refractivity contribution in [1.82, 2.24) is 20.7 Å². The Hall–Kier alpha value is -2.05. The van der Waals surface area contributed by atoms with Crippen LogP contribution in [0, 0.1) is 5.92 Å². The third kappa shape index (κ3) is 3.71. The average molecular weight is 358 g/mol. The van der Waals surface area contributed by atoms with Crippen LogP contribution in [-0.4, -0.2) is 23.7 Å². The van der Waals surface area contributed by atoms with E-state index in [2.05, 4.69) is 52.8 Å². The number of nitrogens with zero attached hydrogens (tertiary/aromatic N) is 1. The Morgan fingerprint density at radius 2 is 2.15 bits per heavy atom. The van der Waals surface area contributed by atoms with Crippen molar-refractivity contribution in [2.45, 2.75) is 58.8 Å². The molecule has 0 aliphatic carbocycles. The number of carbonyl (C=O) groups excluding carboxylic acids is 1. The first kappa shape index (κ1) is 18.7. The summed E-state index contributed by atoms with van der Waals surface area (Å²) in [7, 11) is 1.69. The first-order valence-corrected chi connectivity index (χ1v) is 9.56. The number of carbonyl (C=O) groups is 1. The molecule has 0 bridgehead atoms. The van der Waals surface area contributed by atoms with Crippen molar-refractivity contribution in [3.8, 4) is 5.75 Å². The fourth-order valence-electron chi connectivity index (χ4n) is 3.75. The number of fused-ring (bicyclic) bond motifs is 1. The number of aromatic nitrogens is 1. The molecule has 142 valence electrons. The molecule has 3 rings (SSSR count). The highest BCUT2D eigenvalue weighted by atomic mass is 16.5. The van der Waals surface area contributed by atoms with E-state index in [4.69, 9.17) is 4.74 Å². The number of hydrazine groups is 1. The molecule has 1 saturated heterocycles. The highest BCUT2D eigenvalue weighted by molar-refractivity contribution is 5.83. The van der Waals surface area contributed by atoms with E-state index in [1.54, 1.807) is 7.11 Å². The molecule has 3 N–H and O–H groups in total. The van der Waals surface area contributed by atoms with Crippen molar-refractivity contribution in [3.63, 3.8) is 0 Å². The lowest BCUT2D eigenvalue weighted by atomic mass is 10.0. The number of ether oxygens (including phenoxy) is 1. The topological polar surface area (TPSA) is 67.3 Å². The first-order chi connectivity index (χ1) is 12.6. The van der Waals surface area contributed by atoms with E-state index < -0.39 is 0 Å². The zero-order valence-corrected chi connectivity index (χ0v) is 16.1. The van der Waals surface area contributed by atoms with Crippen molar-refractivity contribution in [3.05, 3.63) is 30.0 Å². The summed E-state index contributed by atoms with van der Waals surface area (Å²) in [5, 5.41) is 4.31. The number of amides is 1. The number of hydrogen-bond donors (Lipinski definition) is 3. The molecule has 1 aromatic carbocycles. The van der Waals surface area contributed by atoms with Crippen LogP contribution in [0.4, 0.5) is 0 Å². The van der Waals surface area contributed by atoms with Gasteiger partial charge in [-0.05, 0) is 31.5 Å². The molecular formula is C20H30N4O2. The molecule has 6 nitrogen and oxygen atoms in total. The van der Waals surface area contributed by atoms with E-state index in [-0.39, 0.29) is 24.0 Å². The molecule has 0 saturated carbocycles. The summed E-state index contributed by atoms with van der Waals surface area (Å²) in [4.78, 5) is 12.3.